The molecule has 0 heterocycles. The molecule has 0 aliphatic heterocycles. The van der Waals surface area contributed by atoms with Crippen LogP contribution in [0.15, 0.2) is 28.7 Å². The highest BCUT2D eigenvalue weighted by molar-refractivity contribution is 9.10. The molecule has 0 N–H and O–H groups in total. The van der Waals surface area contributed by atoms with Gasteiger partial charge in [0, 0.05) is 9.80 Å². The van der Waals surface area contributed by atoms with Crippen LogP contribution >= 0.6 is 31.9 Å². The van der Waals surface area contributed by atoms with E-state index in [0.717, 1.165) is 5.33 Å². The molecule has 2 heteroatoms. The molecule has 1 aromatic carbocycles. The summed E-state index contributed by atoms with van der Waals surface area (Å²) in [4.78, 5) is 0. The van der Waals surface area contributed by atoms with E-state index in [4.69, 9.17) is 0 Å². The van der Waals surface area contributed by atoms with Crippen molar-refractivity contribution in [2.24, 2.45) is 5.41 Å². The molecule has 14 heavy (non-hydrogen) atoms. The summed E-state index contributed by atoms with van der Waals surface area (Å²) < 4.78 is 1.17. The first-order valence-electron chi connectivity index (χ1n) is 5.05. The average Bonchev–Trinajstić information content (AvgIpc) is 2.15. The fraction of sp³-hybridized carbons (Fsp3) is 0.500. The van der Waals surface area contributed by atoms with Gasteiger partial charge in [-0.05, 0) is 42.4 Å². The van der Waals surface area contributed by atoms with E-state index in [9.17, 15) is 0 Å². The van der Waals surface area contributed by atoms with Crippen LogP contribution in [0.2, 0.25) is 0 Å². The van der Waals surface area contributed by atoms with Crippen LogP contribution < -0.4 is 0 Å². The fourth-order valence-corrected chi connectivity index (χ4v) is 3.09. The second kappa shape index (κ2) is 4.36. The SMILES string of the molecule is BrCC1(Cc2ccc(Br)cc2)CCC1. The molecule has 0 bridgehead atoms. The molecule has 1 aliphatic carbocycles. The smallest absolute Gasteiger partial charge is 0.0175 e. The molecule has 76 valence electrons. The van der Waals surface area contributed by atoms with Crippen molar-refractivity contribution in [3.63, 3.8) is 0 Å². The van der Waals surface area contributed by atoms with Crippen molar-refractivity contribution in [2.45, 2.75) is 25.7 Å². The Kier molecular flexibility index (Phi) is 3.33. The van der Waals surface area contributed by atoms with Gasteiger partial charge in [-0.2, -0.15) is 0 Å². The van der Waals surface area contributed by atoms with E-state index in [1.807, 2.05) is 0 Å². The van der Waals surface area contributed by atoms with Gasteiger partial charge in [-0.1, -0.05) is 50.4 Å². The van der Waals surface area contributed by atoms with Gasteiger partial charge in [-0.15, -0.1) is 0 Å². The Morgan fingerprint density at radius 2 is 1.79 bits per heavy atom. The number of hydrogen-bond donors (Lipinski definition) is 0. The second-order valence-electron chi connectivity index (χ2n) is 4.29. The third-order valence-corrected chi connectivity index (χ3v) is 4.91. The van der Waals surface area contributed by atoms with Crippen LogP contribution in [0.5, 0.6) is 0 Å². The minimum absolute atomic E-state index is 0.563. The average molecular weight is 318 g/mol. The zero-order valence-electron chi connectivity index (χ0n) is 8.10. The van der Waals surface area contributed by atoms with Crippen molar-refractivity contribution in [1.82, 2.24) is 0 Å². The summed E-state index contributed by atoms with van der Waals surface area (Å²) >= 11 is 7.11. The first-order chi connectivity index (χ1) is 6.74. The van der Waals surface area contributed by atoms with Gasteiger partial charge in [0.15, 0.2) is 0 Å². The number of rotatable bonds is 3. The lowest BCUT2D eigenvalue weighted by molar-refractivity contribution is 0.170. The molecular weight excluding hydrogens is 304 g/mol. The predicted octanol–water partition coefficient (Wildman–Crippen LogP) is 4.56. The second-order valence-corrected chi connectivity index (χ2v) is 5.77. The molecular formula is C12H14Br2. The zero-order chi connectivity index (χ0) is 10.0. The molecule has 0 radical (unpaired) electrons. The Morgan fingerprint density at radius 3 is 2.21 bits per heavy atom. The van der Waals surface area contributed by atoms with Crippen molar-refractivity contribution in [3.8, 4) is 0 Å². The number of benzene rings is 1. The van der Waals surface area contributed by atoms with Crippen LogP contribution in [0.1, 0.15) is 24.8 Å². The van der Waals surface area contributed by atoms with Crippen LogP contribution in [-0.4, -0.2) is 5.33 Å². The minimum atomic E-state index is 0.563. The van der Waals surface area contributed by atoms with Crippen LogP contribution in [0.3, 0.4) is 0 Å². The van der Waals surface area contributed by atoms with Gasteiger partial charge in [0.05, 0.1) is 0 Å². The molecule has 0 atom stereocenters. The Bertz CT molecular complexity index is 293. The van der Waals surface area contributed by atoms with Crippen molar-refractivity contribution in [3.05, 3.63) is 34.3 Å². The summed E-state index contributed by atoms with van der Waals surface area (Å²) in [7, 11) is 0. The Labute approximate surface area is 102 Å². The maximum atomic E-state index is 3.65. The predicted molar refractivity (Wildman–Crippen MR) is 67.9 cm³/mol. The van der Waals surface area contributed by atoms with E-state index < -0.39 is 0 Å². The van der Waals surface area contributed by atoms with Crippen molar-refractivity contribution >= 4 is 31.9 Å². The lowest BCUT2D eigenvalue weighted by Crippen LogP contribution is -2.33. The van der Waals surface area contributed by atoms with E-state index in [2.05, 4.69) is 56.1 Å². The molecule has 0 amide bonds. The highest BCUT2D eigenvalue weighted by atomic mass is 79.9. The maximum Gasteiger partial charge on any atom is 0.0175 e. The van der Waals surface area contributed by atoms with E-state index in [1.165, 1.54) is 35.7 Å². The lowest BCUT2D eigenvalue weighted by Gasteiger charge is -2.40. The Balaban J connectivity index is 2.06. The van der Waals surface area contributed by atoms with Crippen molar-refractivity contribution in [2.75, 3.05) is 5.33 Å². The molecule has 1 fully saturated rings. The van der Waals surface area contributed by atoms with Crippen LogP contribution in [-0.2, 0) is 6.42 Å². The standard InChI is InChI=1S/C12H14Br2/c13-9-12(6-1-7-12)8-10-2-4-11(14)5-3-10/h2-5H,1,6-9H2. The van der Waals surface area contributed by atoms with Gasteiger partial charge in [-0.25, -0.2) is 0 Å². The molecule has 0 nitrogen and oxygen atoms in total. The molecule has 1 aromatic rings. The minimum Gasteiger partial charge on any atom is -0.0922 e. The highest BCUT2D eigenvalue weighted by Gasteiger charge is 2.35. The van der Waals surface area contributed by atoms with Gasteiger partial charge < -0.3 is 0 Å². The summed E-state index contributed by atoms with van der Waals surface area (Å²) in [6.45, 7) is 0. The van der Waals surface area contributed by atoms with E-state index in [-0.39, 0.29) is 0 Å². The summed E-state index contributed by atoms with van der Waals surface area (Å²) in [6.07, 6.45) is 5.40. The molecule has 0 spiro atoms. The maximum absolute atomic E-state index is 3.65. The zero-order valence-corrected chi connectivity index (χ0v) is 11.3. The summed E-state index contributed by atoms with van der Waals surface area (Å²) in [5.74, 6) is 0. The molecule has 1 saturated carbocycles. The van der Waals surface area contributed by atoms with E-state index in [1.54, 1.807) is 0 Å². The first-order valence-corrected chi connectivity index (χ1v) is 6.96. The van der Waals surface area contributed by atoms with Gasteiger partial charge in [0.25, 0.3) is 0 Å². The first kappa shape index (κ1) is 10.7. The highest BCUT2D eigenvalue weighted by Crippen LogP contribution is 2.45. The van der Waals surface area contributed by atoms with Crippen LogP contribution in [0.4, 0.5) is 0 Å². The molecule has 0 saturated heterocycles. The summed E-state index contributed by atoms with van der Waals surface area (Å²) in [5, 5.41) is 1.15. The summed E-state index contributed by atoms with van der Waals surface area (Å²) in [5.41, 5.74) is 2.03. The Hall–Kier alpha value is 0.180. The monoisotopic (exact) mass is 316 g/mol. The van der Waals surface area contributed by atoms with E-state index in [0.29, 0.717) is 5.41 Å². The van der Waals surface area contributed by atoms with E-state index >= 15 is 0 Å². The quantitative estimate of drug-likeness (QED) is 0.717. The van der Waals surface area contributed by atoms with Gasteiger partial charge in [0.2, 0.25) is 0 Å². The summed E-state index contributed by atoms with van der Waals surface area (Å²) in [6, 6.07) is 8.73. The Morgan fingerprint density at radius 1 is 1.14 bits per heavy atom. The van der Waals surface area contributed by atoms with Crippen LogP contribution in [0, 0.1) is 5.41 Å². The van der Waals surface area contributed by atoms with Gasteiger partial charge in [0.1, 0.15) is 0 Å². The third kappa shape index (κ3) is 2.22. The number of alkyl halides is 1. The topological polar surface area (TPSA) is 0 Å². The fourth-order valence-electron chi connectivity index (χ4n) is 2.07. The van der Waals surface area contributed by atoms with Crippen LogP contribution in [0.25, 0.3) is 0 Å². The van der Waals surface area contributed by atoms with Gasteiger partial charge in [-0.3, -0.25) is 0 Å². The lowest BCUT2D eigenvalue weighted by atomic mass is 9.67. The molecule has 1 aliphatic rings. The number of hydrogen-bond acceptors (Lipinski definition) is 0. The normalized spacial score (nSPS) is 19.0. The third-order valence-electron chi connectivity index (χ3n) is 3.19. The molecule has 2 rings (SSSR count). The number of halogens is 2. The molecule has 0 aromatic heterocycles. The van der Waals surface area contributed by atoms with Crippen molar-refractivity contribution in [1.29, 1.82) is 0 Å². The van der Waals surface area contributed by atoms with Gasteiger partial charge >= 0.3 is 0 Å². The largest absolute Gasteiger partial charge is 0.0922 e. The molecule has 0 unspecified atom stereocenters. The van der Waals surface area contributed by atoms with Crippen molar-refractivity contribution < 1.29 is 0 Å².